The van der Waals surface area contributed by atoms with Crippen molar-refractivity contribution in [1.29, 1.82) is 0 Å². The summed E-state index contributed by atoms with van der Waals surface area (Å²) in [4.78, 5) is 11.2. The molecule has 0 aromatic rings. The number of rotatable bonds is 6. The monoisotopic (exact) mass is 184 g/mol. The second-order valence-electron chi connectivity index (χ2n) is 3.51. The Hall–Kier alpha value is -0.830. The van der Waals surface area contributed by atoms with E-state index in [4.69, 9.17) is 5.73 Å². The van der Waals surface area contributed by atoms with Gasteiger partial charge in [-0.3, -0.25) is 4.79 Å². The molecule has 13 heavy (non-hydrogen) atoms. The van der Waals surface area contributed by atoms with E-state index >= 15 is 0 Å². The molecular formula is C10H20N2O. The average Bonchev–Trinajstić information content (AvgIpc) is 2.01. The molecule has 2 unspecified atom stereocenters. The lowest BCUT2D eigenvalue weighted by Gasteiger charge is -2.12. The number of hydrogen-bond donors (Lipinski definition) is 2. The largest absolute Gasteiger partial charge is 0.353 e. The summed E-state index contributed by atoms with van der Waals surface area (Å²) in [5.41, 5.74) is 5.53. The molecule has 0 saturated carbocycles. The molecule has 0 bridgehead atoms. The number of carbonyl (C=O) groups is 1. The molecule has 0 rings (SSSR count). The standard InChI is InChI=1S/C10H20N2O/c1-4-5-9(3)12-10(13)7-6-8(2)11/h4,8-9H,1,5-7,11H2,2-3H3,(H,12,13). The van der Waals surface area contributed by atoms with Gasteiger partial charge in [-0.1, -0.05) is 6.08 Å². The van der Waals surface area contributed by atoms with Crippen LogP contribution in [0.4, 0.5) is 0 Å². The van der Waals surface area contributed by atoms with Crippen molar-refractivity contribution < 1.29 is 4.79 Å². The van der Waals surface area contributed by atoms with E-state index < -0.39 is 0 Å². The van der Waals surface area contributed by atoms with Gasteiger partial charge in [0.25, 0.3) is 0 Å². The van der Waals surface area contributed by atoms with Gasteiger partial charge in [0.05, 0.1) is 0 Å². The van der Waals surface area contributed by atoms with Crippen molar-refractivity contribution in [3.8, 4) is 0 Å². The van der Waals surface area contributed by atoms with E-state index in [1.165, 1.54) is 0 Å². The summed E-state index contributed by atoms with van der Waals surface area (Å²) in [6.45, 7) is 7.48. The molecule has 3 nitrogen and oxygen atoms in total. The minimum atomic E-state index is 0.0756. The zero-order chi connectivity index (χ0) is 10.3. The Morgan fingerprint density at radius 3 is 2.69 bits per heavy atom. The van der Waals surface area contributed by atoms with Crippen LogP contribution < -0.4 is 11.1 Å². The van der Waals surface area contributed by atoms with Crippen LogP contribution in [0.1, 0.15) is 33.1 Å². The average molecular weight is 184 g/mol. The van der Waals surface area contributed by atoms with Crippen LogP contribution >= 0.6 is 0 Å². The molecule has 0 radical (unpaired) electrons. The van der Waals surface area contributed by atoms with Gasteiger partial charge < -0.3 is 11.1 Å². The Labute approximate surface area is 80.4 Å². The van der Waals surface area contributed by atoms with Crippen LogP contribution in [0.2, 0.25) is 0 Å². The fourth-order valence-electron chi connectivity index (χ4n) is 1.01. The van der Waals surface area contributed by atoms with Crippen LogP contribution in [-0.4, -0.2) is 18.0 Å². The van der Waals surface area contributed by atoms with Gasteiger partial charge in [-0.05, 0) is 26.7 Å². The van der Waals surface area contributed by atoms with Crippen LogP contribution in [0.5, 0.6) is 0 Å². The van der Waals surface area contributed by atoms with Gasteiger partial charge in [-0.15, -0.1) is 6.58 Å². The molecule has 0 spiro atoms. The summed E-state index contributed by atoms with van der Waals surface area (Å²) >= 11 is 0. The summed E-state index contributed by atoms with van der Waals surface area (Å²) in [5, 5.41) is 2.87. The van der Waals surface area contributed by atoms with Gasteiger partial charge in [0.2, 0.25) is 5.91 Å². The third kappa shape index (κ3) is 7.53. The fraction of sp³-hybridized carbons (Fsp3) is 0.700. The van der Waals surface area contributed by atoms with E-state index in [0.29, 0.717) is 6.42 Å². The van der Waals surface area contributed by atoms with Crippen LogP contribution in [0.25, 0.3) is 0 Å². The number of nitrogens with two attached hydrogens (primary N) is 1. The van der Waals surface area contributed by atoms with E-state index in [2.05, 4.69) is 11.9 Å². The molecule has 0 aromatic heterocycles. The summed E-state index contributed by atoms with van der Waals surface area (Å²) in [6, 6.07) is 0.276. The third-order valence-electron chi connectivity index (χ3n) is 1.75. The van der Waals surface area contributed by atoms with E-state index in [-0.39, 0.29) is 18.0 Å². The fourth-order valence-corrected chi connectivity index (χ4v) is 1.01. The first-order valence-electron chi connectivity index (χ1n) is 4.72. The summed E-state index contributed by atoms with van der Waals surface area (Å²) in [5.74, 6) is 0.0756. The molecule has 0 aliphatic carbocycles. The van der Waals surface area contributed by atoms with Crippen molar-refractivity contribution in [3.05, 3.63) is 12.7 Å². The molecule has 0 heterocycles. The van der Waals surface area contributed by atoms with E-state index in [0.717, 1.165) is 12.8 Å². The Kier molecular flexibility index (Phi) is 6.24. The third-order valence-corrected chi connectivity index (χ3v) is 1.75. The molecule has 0 aliphatic rings. The number of hydrogen-bond acceptors (Lipinski definition) is 2. The van der Waals surface area contributed by atoms with Gasteiger partial charge in [-0.2, -0.15) is 0 Å². The first-order valence-corrected chi connectivity index (χ1v) is 4.72. The number of carbonyl (C=O) groups excluding carboxylic acids is 1. The normalized spacial score (nSPS) is 14.7. The summed E-state index contributed by atoms with van der Waals surface area (Å²) < 4.78 is 0. The van der Waals surface area contributed by atoms with Gasteiger partial charge in [-0.25, -0.2) is 0 Å². The Morgan fingerprint density at radius 1 is 1.62 bits per heavy atom. The quantitative estimate of drug-likeness (QED) is 0.609. The van der Waals surface area contributed by atoms with Gasteiger partial charge >= 0.3 is 0 Å². The SMILES string of the molecule is C=CCC(C)NC(=O)CCC(C)N. The maximum atomic E-state index is 11.2. The highest BCUT2D eigenvalue weighted by Crippen LogP contribution is 1.96. The van der Waals surface area contributed by atoms with Crippen LogP contribution in [0, 0.1) is 0 Å². The highest BCUT2D eigenvalue weighted by atomic mass is 16.1. The molecule has 3 N–H and O–H groups in total. The first kappa shape index (κ1) is 12.2. The molecule has 1 amide bonds. The molecule has 0 fully saturated rings. The minimum Gasteiger partial charge on any atom is -0.353 e. The maximum Gasteiger partial charge on any atom is 0.220 e. The Balaban J connectivity index is 3.55. The van der Waals surface area contributed by atoms with Crippen molar-refractivity contribution in [1.82, 2.24) is 5.32 Å². The van der Waals surface area contributed by atoms with Crippen LogP contribution in [-0.2, 0) is 4.79 Å². The second kappa shape index (κ2) is 6.66. The predicted octanol–water partition coefficient (Wildman–Crippen LogP) is 1.19. The lowest BCUT2D eigenvalue weighted by atomic mass is 10.1. The van der Waals surface area contributed by atoms with E-state index in [9.17, 15) is 4.79 Å². The van der Waals surface area contributed by atoms with Gasteiger partial charge in [0.1, 0.15) is 0 Å². The van der Waals surface area contributed by atoms with E-state index in [1.807, 2.05) is 13.8 Å². The van der Waals surface area contributed by atoms with Crippen molar-refractivity contribution in [2.75, 3.05) is 0 Å². The zero-order valence-electron chi connectivity index (χ0n) is 8.55. The Bertz CT molecular complexity index is 166. The minimum absolute atomic E-state index is 0.0756. The molecule has 0 aliphatic heterocycles. The lowest BCUT2D eigenvalue weighted by molar-refractivity contribution is -0.121. The second-order valence-corrected chi connectivity index (χ2v) is 3.51. The number of amides is 1. The number of nitrogens with one attached hydrogen (secondary N) is 1. The lowest BCUT2D eigenvalue weighted by Crippen LogP contribution is -2.32. The highest BCUT2D eigenvalue weighted by Gasteiger charge is 2.06. The summed E-state index contributed by atoms with van der Waals surface area (Å²) in [7, 11) is 0. The molecule has 2 atom stereocenters. The highest BCUT2D eigenvalue weighted by molar-refractivity contribution is 5.76. The van der Waals surface area contributed by atoms with Crippen molar-refractivity contribution in [2.45, 2.75) is 45.2 Å². The van der Waals surface area contributed by atoms with Crippen LogP contribution in [0.15, 0.2) is 12.7 Å². The summed E-state index contributed by atoms with van der Waals surface area (Å²) in [6.07, 6.45) is 3.87. The van der Waals surface area contributed by atoms with E-state index in [1.54, 1.807) is 6.08 Å². The van der Waals surface area contributed by atoms with Crippen molar-refractivity contribution in [3.63, 3.8) is 0 Å². The predicted molar refractivity (Wildman–Crippen MR) is 55.3 cm³/mol. The Morgan fingerprint density at radius 2 is 2.23 bits per heavy atom. The van der Waals surface area contributed by atoms with Crippen molar-refractivity contribution in [2.24, 2.45) is 5.73 Å². The molecule has 76 valence electrons. The van der Waals surface area contributed by atoms with Crippen molar-refractivity contribution >= 4 is 5.91 Å². The molecule has 3 heteroatoms. The van der Waals surface area contributed by atoms with Gasteiger partial charge in [0.15, 0.2) is 0 Å². The zero-order valence-corrected chi connectivity index (χ0v) is 8.55. The maximum absolute atomic E-state index is 11.2. The molecular weight excluding hydrogens is 164 g/mol. The smallest absolute Gasteiger partial charge is 0.220 e. The first-order chi connectivity index (χ1) is 6.06. The molecule has 0 saturated heterocycles. The topological polar surface area (TPSA) is 55.1 Å². The van der Waals surface area contributed by atoms with Crippen LogP contribution in [0.3, 0.4) is 0 Å². The molecule has 0 aromatic carbocycles. The van der Waals surface area contributed by atoms with Gasteiger partial charge in [0, 0.05) is 18.5 Å².